The van der Waals surface area contributed by atoms with Crippen molar-refractivity contribution >= 4 is 52.3 Å². The van der Waals surface area contributed by atoms with Gasteiger partial charge in [-0.2, -0.15) is 18.6 Å². The number of halogens is 6. The highest BCUT2D eigenvalue weighted by Crippen LogP contribution is 2.27. The highest BCUT2D eigenvalue weighted by molar-refractivity contribution is 6.42. The van der Waals surface area contributed by atoms with E-state index in [2.05, 4.69) is 15.2 Å². The number of hydrazine groups is 1. The van der Waals surface area contributed by atoms with Crippen LogP contribution in [-0.4, -0.2) is 79.6 Å². The molecule has 1 fully saturated rings. The molecule has 41 heavy (non-hydrogen) atoms. The molecule has 1 aromatic carbocycles. The second kappa shape index (κ2) is 10.4. The Morgan fingerprint density at radius 3 is 2.61 bits per heavy atom. The van der Waals surface area contributed by atoms with Crippen LogP contribution in [0.25, 0.3) is 5.52 Å². The van der Waals surface area contributed by atoms with Crippen LogP contribution in [-0.2, 0) is 20.8 Å². The minimum atomic E-state index is -5.34. The minimum absolute atomic E-state index is 0.0729. The van der Waals surface area contributed by atoms with Crippen LogP contribution in [0.3, 0.4) is 0 Å². The molecule has 0 saturated carbocycles. The smallest absolute Gasteiger partial charge is 0.359 e. The first-order chi connectivity index (χ1) is 19.3. The van der Waals surface area contributed by atoms with Crippen LogP contribution >= 0.6 is 23.2 Å². The number of nitrogens with two attached hydrogens (primary N) is 1. The van der Waals surface area contributed by atoms with Crippen molar-refractivity contribution in [2.45, 2.75) is 18.8 Å². The van der Waals surface area contributed by atoms with Gasteiger partial charge in [-0.15, -0.1) is 0 Å². The summed E-state index contributed by atoms with van der Waals surface area (Å²) < 4.78 is 55.9. The highest BCUT2D eigenvalue weighted by Gasteiger charge is 2.52. The Morgan fingerprint density at radius 2 is 1.93 bits per heavy atom. The van der Waals surface area contributed by atoms with Crippen molar-refractivity contribution in [2.24, 2.45) is 5.73 Å². The van der Waals surface area contributed by atoms with Crippen LogP contribution in [0.15, 0.2) is 35.3 Å². The standard InChI is InChI=1S/C23H17Cl2F4N7O5/c24-13-7-15-20(38)31-8-11(35(15)17(13)25)5-10-1-2-14(26)12(6-10)21(39)33-3-4-34-16(9-33)36(32-19(34)18(30)37)41-22(40)23(27,28)29/h1-2,6-8,16H,3-5,9H2,(H3,30,31,37,38)/p+1. The van der Waals surface area contributed by atoms with Gasteiger partial charge in [0.15, 0.2) is 0 Å². The van der Waals surface area contributed by atoms with E-state index in [1.807, 2.05) is 0 Å². The number of nitrogens with one attached hydrogen (secondary N) is 2. The lowest BCUT2D eigenvalue weighted by Gasteiger charge is -2.32. The van der Waals surface area contributed by atoms with E-state index in [1.165, 1.54) is 33.4 Å². The zero-order chi connectivity index (χ0) is 29.8. The number of aromatic nitrogens is 2. The molecule has 2 aliphatic rings. The van der Waals surface area contributed by atoms with Crippen LogP contribution in [0.5, 0.6) is 0 Å². The molecule has 4 heterocycles. The van der Waals surface area contributed by atoms with Gasteiger partial charge in [-0.05, 0) is 23.8 Å². The number of aromatic amines is 1. The average molecular weight is 619 g/mol. The van der Waals surface area contributed by atoms with Gasteiger partial charge in [0.05, 0.1) is 28.8 Å². The van der Waals surface area contributed by atoms with Crippen LogP contribution < -0.4 is 16.7 Å². The van der Waals surface area contributed by atoms with E-state index in [4.69, 9.17) is 28.9 Å². The van der Waals surface area contributed by atoms with E-state index in [0.29, 0.717) is 16.4 Å². The summed E-state index contributed by atoms with van der Waals surface area (Å²) in [4.78, 5) is 56.8. The maximum absolute atomic E-state index is 14.9. The molecule has 0 radical (unpaired) electrons. The van der Waals surface area contributed by atoms with Crippen LogP contribution in [0.2, 0.25) is 10.2 Å². The molecule has 1 atom stereocenters. The summed E-state index contributed by atoms with van der Waals surface area (Å²) in [5.74, 6) is -5.64. The lowest BCUT2D eigenvalue weighted by Crippen LogP contribution is -2.56. The zero-order valence-corrected chi connectivity index (χ0v) is 22.0. The average Bonchev–Trinajstić information content (AvgIpc) is 3.43. The zero-order valence-electron chi connectivity index (χ0n) is 20.5. The summed E-state index contributed by atoms with van der Waals surface area (Å²) in [7, 11) is 0. The van der Waals surface area contributed by atoms with Crippen molar-refractivity contribution in [3.05, 3.63) is 73.6 Å². The molecule has 5 rings (SSSR count). The normalized spacial score (nSPS) is 17.5. The van der Waals surface area contributed by atoms with Crippen molar-refractivity contribution in [3.63, 3.8) is 0 Å². The lowest BCUT2D eigenvalue weighted by molar-refractivity contribution is -0.602. The number of carbonyl (C=O) groups excluding carboxylic acids is 3. The van der Waals surface area contributed by atoms with E-state index in [1.54, 1.807) is 0 Å². The van der Waals surface area contributed by atoms with Gasteiger partial charge in [0.2, 0.25) is 6.17 Å². The Balaban J connectivity index is 1.41. The van der Waals surface area contributed by atoms with Crippen molar-refractivity contribution in [1.82, 2.24) is 24.9 Å². The van der Waals surface area contributed by atoms with Gasteiger partial charge in [0, 0.05) is 18.3 Å². The summed E-state index contributed by atoms with van der Waals surface area (Å²) in [6.07, 6.45) is -5.12. The molecule has 216 valence electrons. The maximum Gasteiger partial charge on any atom is 0.492 e. The number of hydroxylamine groups is 1. The third-order valence-electron chi connectivity index (χ3n) is 6.50. The van der Waals surface area contributed by atoms with Gasteiger partial charge in [0.1, 0.15) is 23.0 Å². The molecule has 18 heteroatoms. The number of carbonyl (C=O) groups is 3. The predicted molar refractivity (Wildman–Crippen MR) is 133 cm³/mol. The number of piperazine rings is 1. The number of alkyl halides is 3. The molecule has 0 spiro atoms. The van der Waals surface area contributed by atoms with Gasteiger partial charge in [-0.25, -0.2) is 13.8 Å². The molecule has 12 nitrogen and oxygen atoms in total. The maximum atomic E-state index is 14.9. The third-order valence-corrected chi connectivity index (χ3v) is 7.25. The Hall–Kier alpha value is -4.15. The Kier molecular flexibility index (Phi) is 7.17. The van der Waals surface area contributed by atoms with Crippen molar-refractivity contribution in [3.8, 4) is 0 Å². The molecule has 0 bridgehead atoms. The van der Waals surface area contributed by atoms with E-state index in [-0.39, 0.29) is 46.6 Å². The number of H-pyrrole nitrogens is 1. The van der Waals surface area contributed by atoms with Gasteiger partial charge in [0.25, 0.3) is 11.5 Å². The van der Waals surface area contributed by atoms with Crippen LogP contribution in [0.1, 0.15) is 21.6 Å². The molecule has 2 aromatic heterocycles. The molecule has 2 amide bonds. The molecular weight excluding hydrogens is 601 g/mol. The van der Waals surface area contributed by atoms with E-state index >= 15 is 0 Å². The van der Waals surface area contributed by atoms with E-state index in [9.17, 15) is 36.7 Å². The molecule has 1 unspecified atom stereocenters. The van der Waals surface area contributed by atoms with E-state index < -0.39 is 48.0 Å². The van der Waals surface area contributed by atoms with Crippen molar-refractivity contribution in [2.75, 3.05) is 19.6 Å². The topological polar surface area (TPSA) is 145 Å². The Bertz CT molecular complexity index is 1700. The summed E-state index contributed by atoms with van der Waals surface area (Å²) in [5, 5.41) is 0.606. The fourth-order valence-corrected chi connectivity index (χ4v) is 5.06. The summed E-state index contributed by atoms with van der Waals surface area (Å²) in [5.41, 5.74) is 7.81. The number of amides is 2. The summed E-state index contributed by atoms with van der Waals surface area (Å²) >= 11 is 12.3. The number of rotatable bonds is 5. The quantitative estimate of drug-likeness (QED) is 0.288. The number of hydrogen-bond acceptors (Lipinski definition) is 7. The Labute approximate surface area is 236 Å². The Morgan fingerprint density at radius 1 is 1.20 bits per heavy atom. The SMILES string of the molecule is NC(=O)C1=[N+]2CCN(C(=O)c3cc(Cc4c[nH]c(=O)c5cc(Cl)c(Cl)n45)ccc3F)CC2N(OC(=O)C(F)(F)F)N1. The molecule has 4 N–H and O–H groups in total. The molecule has 1 saturated heterocycles. The van der Waals surface area contributed by atoms with Gasteiger partial charge in [-0.1, -0.05) is 29.3 Å². The fourth-order valence-electron chi connectivity index (χ4n) is 4.62. The largest absolute Gasteiger partial charge is 0.492 e. The number of primary amides is 1. The first-order valence-electron chi connectivity index (χ1n) is 11.7. The minimum Gasteiger partial charge on any atom is -0.359 e. The van der Waals surface area contributed by atoms with Crippen molar-refractivity contribution < 1.29 is 41.4 Å². The highest BCUT2D eigenvalue weighted by atomic mass is 35.5. The summed E-state index contributed by atoms with van der Waals surface area (Å²) in [6, 6.07) is 5.17. The number of amidine groups is 1. The number of nitrogens with zero attached hydrogens (tertiary/aromatic N) is 4. The molecule has 3 aromatic rings. The number of fused-ring (bicyclic) bond motifs is 2. The number of hydrogen-bond donors (Lipinski definition) is 3. The second-order valence-corrected chi connectivity index (χ2v) is 9.82. The monoisotopic (exact) mass is 618 g/mol. The van der Waals surface area contributed by atoms with Crippen LogP contribution in [0, 0.1) is 5.82 Å². The second-order valence-electron chi connectivity index (χ2n) is 9.06. The van der Waals surface area contributed by atoms with Gasteiger partial charge >= 0.3 is 23.9 Å². The summed E-state index contributed by atoms with van der Waals surface area (Å²) in [6.45, 7) is -0.572. The van der Waals surface area contributed by atoms with E-state index in [0.717, 1.165) is 11.0 Å². The van der Waals surface area contributed by atoms with Gasteiger partial charge in [-0.3, -0.25) is 18.8 Å². The first-order valence-corrected chi connectivity index (χ1v) is 12.4. The molecular formula is C23H18Cl2F4N7O5+. The predicted octanol–water partition coefficient (Wildman–Crippen LogP) is 1.18. The van der Waals surface area contributed by atoms with Crippen LogP contribution in [0.4, 0.5) is 17.6 Å². The van der Waals surface area contributed by atoms with Crippen molar-refractivity contribution in [1.29, 1.82) is 0 Å². The van der Waals surface area contributed by atoms with Gasteiger partial charge < -0.3 is 20.5 Å². The fraction of sp³-hybridized carbons (Fsp3) is 0.261. The molecule has 0 aliphatic carbocycles. The first kappa shape index (κ1) is 28.4. The molecule has 2 aliphatic heterocycles. The lowest BCUT2D eigenvalue weighted by atomic mass is 10.0. The number of benzene rings is 1. The third kappa shape index (κ3) is 5.20.